The normalized spacial score (nSPS) is 11.9. The third-order valence-corrected chi connectivity index (χ3v) is 6.06. The summed E-state index contributed by atoms with van der Waals surface area (Å²) in [5.74, 6) is 0.0875. The van der Waals surface area contributed by atoms with Gasteiger partial charge in [0, 0.05) is 19.5 Å². The first kappa shape index (κ1) is 20.0. The van der Waals surface area contributed by atoms with Crippen molar-refractivity contribution < 1.29 is 17.4 Å². The van der Waals surface area contributed by atoms with Crippen LogP contribution in [0.4, 0.5) is 0 Å². The Kier molecular flexibility index (Phi) is 5.51. The summed E-state index contributed by atoms with van der Waals surface area (Å²) in [5.41, 5.74) is 1.77. The van der Waals surface area contributed by atoms with Crippen molar-refractivity contribution in [1.82, 2.24) is 19.4 Å². The van der Waals surface area contributed by atoms with Crippen molar-refractivity contribution in [3.05, 3.63) is 76.4 Å². The first-order chi connectivity index (χ1) is 14.4. The number of nitrogens with one attached hydrogen (secondary N) is 1. The Morgan fingerprint density at radius 1 is 1.13 bits per heavy atom. The van der Waals surface area contributed by atoms with Crippen LogP contribution in [-0.4, -0.2) is 29.7 Å². The van der Waals surface area contributed by atoms with Crippen molar-refractivity contribution >= 4 is 21.1 Å². The number of benzene rings is 2. The number of hydrogen-bond acceptors (Lipinski definition) is 7. The molecule has 9 nitrogen and oxygen atoms in total. The van der Waals surface area contributed by atoms with E-state index in [4.69, 9.17) is 8.94 Å². The minimum atomic E-state index is -3.73. The first-order valence-electron chi connectivity index (χ1n) is 9.38. The van der Waals surface area contributed by atoms with Crippen molar-refractivity contribution in [3.8, 4) is 0 Å². The third-order valence-electron chi connectivity index (χ3n) is 4.60. The summed E-state index contributed by atoms with van der Waals surface area (Å²) in [6.07, 6.45) is 1.44. The second-order valence-electron chi connectivity index (χ2n) is 6.80. The fourth-order valence-corrected chi connectivity index (χ4v) is 4.23. The van der Waals surface area contributed by atoms with Crippen LogP contribution < -0.4 is 10.5 Å². The van der Waals surface area contributed by atoms with Gasteiger partial charge in [0.1, 0.15) is 0 Å². The molecule has 0 bridgehead atoms. The van der Waals surface area contributed by atoms with E-state index in [0.29, 0.717) is 30.2 Å². The largest absolute Gasteiger partial charge is 0.420 e. The van der Waals surface area contributed by atoms with Gasteiger partial charge in [0.15, 0.2) is 11.4 Å². The molecule has 4 aromatic rings. The predicted molar refractivity (Wildman–Crippen MR) is 109 cm³/mol. The van der Waals surface area contributed by atoms with Crippen molar-refractivity contribution in [2.24, 2.45) is 0 Å². The van der Waals surface area contributed by atoms with Gasteiger partial charge in [0.05, 0.1) is 17.0 Å². The molecular weight excluding hydrogens is 408 g/mol. The molecule has 2 aromatic carbocycles. The number of sulfonamides is 1. The lowest BCUT2D eigenvalue weighted by atomic mass is 10.1. The molecule has 0 atom stereocenters. The van der Waals surface area contributed by atoms with Crippen LogP contribution in [-0.2, 0) is 23.0 Å². The van der Waals surface area contributed by atoms with Gasteiger partial charge in [-0.3, -0.25) is 4.57 Å². The number of nitrogens with zero attached hydrogens (tertiary/aromatic N) is 3. The Morgan fingerprint density at radius 3 is 2.67 bits per heavy atom. The van der Waals surface area contributed by atoms with E-state index in [2.05, 4.69) is 14.9 Å². The van der Waals surface area contributed by atoms with Crippen LogP contribution >= 0.6 is 0 Å². The number of aromatic nitrogens is 3. The minimum Gasteiger partial charge on any atom is -0.408 e. The highest BCUT2D eigenvalue weighted by Crippen LogP contribution is 2.19. The number of fused-ring (bicyclic) bond motifs is 1. The molecule has 0 saturated heterocycles. The second-order valence-corrected chi connectivity index (χ2v) is 8.57. The summed E-state index contributed by atoms with van der Waals surface area (Å²) in [7, 11) is -3.73. The molecule has 2 heterocycles. The summed E-state index contributed by atoms with van der Waals surface area (Å²) in [5, 5.41) is 3.77. The molecule has 0 aliphatic rings. The lowest BCUT2D eigenvalue weighted by Gasteiger charge is -2.07. The molecule has 0 aliphatic heterocycles. The van der Waals surface area contributed by atoms with Gasteiger partial charge >= 0.3 is 5.76 Å². The molecule has 156 valence electrons. The van der Waals surface area contributed by atoms with E-state index in [1.54, 1.807) is 6.92 Å². The van der Waals surface area contributed by atoms with Crippen LogP contribution in [0.25, 0.3) is 11.1 Å². The molecule has 1 N–H and O–H groups in total. The molecule has 4 rings (SSSR count). The quantitative estimate of drug-likeness (QED) is 0.427. The van der Waals surface area contributed by atoms with Crippen molar-refractivity contribution in [3.63, 3.8) is 0 Å². The zero-order valence-corrected chi connectivity index (χ0v) is 17.1. The van der Waals surface area contributed by atoms with Crippen LogP contribution in [0.2, 0.25) is 0 Å². The Labute approximate surface area is 172 Å². The smallest absolute Gasteiger partial charge is 0.408 e. The Morgan fingerprint density at radius 2 is 1.93 bits per heavy atom. The van der Waals surface area contributed by atoms with Crippen LogP contribution in [0.15, 0.2) is 67.2 Å². The van der Waals surface area contributed by atoms with Gasteiger partial charge in [-0.1, -0.05) is 35.5 Å². The Hall–Kier alpha value is -3.24. The maximum atomic E-state index is 12.6. The minimum absolute atomic E-state index is 0.0333. The molecule has 2 aromatic heterocycles. The number of hydrogen-bond donors (Lipinski definition) is 1. The van der Waals surface area contributed by atoms with Crippen LogP contribution in [0.5, 0.6) is 0 Å². The first-order valence-corrected chi connectivity index (χ1v) is 10.9. The number of oxazole rings is 1. The zero-order chi connectivity index (χ0) is 21.1. The van der Waals surface area contributed by atoms with E-state index in [0.717, 1.165) is 12.0 Å². The Bertz CT molecular complexity index is 1320. The molecule has 0 amide bonds. The zero-order valence-electron chi connectivity index (χ0n) is 16.2. The topological polar surface area (TPSA) is 120 Å². The third kappa shape index (κ3) is 4.34. The highest BCUT2D eigenvalue weighted by molar-refractivity contribution is 7.89. The van der Waals surface area contributed by atoms with E-state index in [1.807, 2.05) is 30.3 Å². The van der Waals surface area contributed by atoms with E-state index in [9.17, 15) is 13.2 Å². The summed E-state index contributed by atoms with van der Waals surface area (Å²) < 4.78 is 39.3. The second kappa shape index (κ2) is 8.25. The highest BCUT2D eigenvalue weighted by Gasteiger charge is 2.18. The molecule has 0 unspecified atom stereocenters. The van der Waals surface area contributed by atoms with Gasteiger partial charge in [-0.15, -0.1) is 0 Å². The fourth-order valence-electron chi connectivity index (χ4n) is 3.14. The SMILES string of the molecule is Cc1nc(Cn2c(=O)oc3cc(S(=O)(=O)NCCCc4ccccc4)ccc32)no1. The maximum Gasteiger partial charge on any atom is 0.420 e. The van der Waals surface area contributed by atoms with Crippen molar-refractivity contribution in [2.45, 2.75) is 31.2 Å². The van der Waals surface area contributed by atoms with E-state index in [-0.39, 0.29) is 17.0 Å². The fraction of sp³-hybridized carbons (Fsp3) is 0.250. The molecule has 10 heteroatoms. The average molecular weight is 428 g/mol. The van der Waals surface area contributed by atoms with Gasteiger partial charge in [-0.25, -0.2) is 17.9 Å². The van der Waals surface area contributed by atoms with Crippen LogP contribution in [0.1, 0.15) is 23.7 Å². The van der Waals surface area contributed by atoms with Gasteiger partial charge in [0.2, 0.25) is 15.9 Å². The molecule has 0 aliphatic carbocycles. The van der Waals surface area contributed by atoms with E-state index < -0.39 is 15.8 Å². The van der Waals surface area contributed by atoms with Gasteiger partial charge in [0.25, 0.3) is 0 Å². The molecule has 30 heavy (non-hydrogen) atoms. The highest BCUT2D eigenvalue weighted by atomic mass is 32.2. The molecule has 0 saturated carbocycles. The van der Waals surface area contributed by atoms with Crippen LogP contribution in [0, 0.1) is 6.92 Å². The molecule has 0 radical (unpaired) electrons. The van der Waals surface area contributed by atoms with Crippen molar-refractivity contribution in [1.29, 1.82) is 0 Å². The maximum absolute atomic E-state index is 12.6. The predicted octanol–water partition coefficient (Wildman–Crippen LogP) is 2.25. The number of aryl methyl sites for hydroxylation is 2. The lowest BCUT2D eigenvalue weighted by molar-refractivity contribution is 0.385. The molecular formula is C20H20N4O5S. The summed E-state index contributed by atoms with van der Waals surface area (Å²) in [4.78, 5) is 16.3. The Balaban J connectivity index is 1.47. The summed E-state index contributed by atoms with van der Waals surface area (Å²) in [6, 6.07) is 14.2. The summed E-state index contributed by atoms with van der Waals surface area (Å²) in [6.45, 7) is 2.02. The summed E-state index contributed by atoms with van der Waals surface area (Å²) >= 11 is 0. The number of rotatable bonds is 8. The van der Waals surface area contributed by atoms with Gasteiger partial charge in [-0.05, 0) is 30.5 Å². The van der Waals surface area contributed by atoms with Gasteiger partial charge < -0.3 is 8.94 Å². The molecule has 0 spiro atoms. The average Bonchev–Trinajstić information content (AvgIpc) is 3.28. The molecule has 0 fully saturated rings. The van der Waals surface area contributed by atoms with Crippen molar-refractivity contribution in [2.75, 3.05) is 6.54 Å². The van der Waals surface area contributed by atoms with Gasteiger partial charge in [-0.2, -0.15) is 4.98 Å². The monoisotopic (exact) mass is 428 g/mol. The standard InChI is InChI=1S/C20H20N4O5S/c1-14-22-19(23-29-14)13-24-17-10-9-16(12-18(17)28-20(24)25)30(26,27)21-11-5-8-15-6-3-2-4-7-15/h2-4,6-7,9-10,12,21H,5,8,11,13H2,1H3. The van der Waals surface area contributed by atoms with Crippen LogP contribution in [0.3, 0.4) is 0 Å². The lowest BCUT2D eigenvalue weighted by Crippen LogP contribution is -2.25. The van der Waals surface area contributed by atoms with E-state index >= 15 is 0 Å². The van der Waals surface area contributed by atoms with E-state index in [1.165, 1.54) is 22.8 Å².